The van der Waals surface area contributed by atoms with Crippen LogP contribution in [0, 0.1) is 17.1 Å². The predicted molar refractivity (Wildman–Crippen MR) is 123 cm³/mol. The molecule has 0 aliphatic carbocycles. The molecule has 1 N–H and O–H groups in total. The van der Waals surface area contributed by atoms with Crippen LogP contribution in [0.3, 0.4) is 0 Å². The van der Waals surface area contributed by atoms with Crippen molar-refractivity contribution in [2.75, 3.05) is 31.1 Å². The number of likely N-dealkylation sites (tertiary alicyclic amines) is 1. The molecule has 0 aromatic heterocycles. The van der Waals surface area contributed by atoms with Gasteiger partial charge in [-0.2, -0.15) is 5.26 Å². The Bertz CT molecular complexity index is 1060. The quantitative estimate of drug-likeness (QED) is 0.556. The van der Waals surface area contributed by atoms with E-state index in [1.165, 1.54) is 17.7 Å². The predicted octanol–water partition coefficient (Wildman–Crippen LogP) is 3.78. The summed E-state index contributed by atoms with van der Waals surface area (Å²) >= 11 is 0. The van der Waals surface area contributed by atoms with E-state index < -0.39 is 0 Å². The first-order valence-electron chi connectivity index (χ1n) is 11.2. The molecule has 2 aliphatic heterocycles. The Kier molecular flexibility index (Phi) is 6.69. The van der Waals surface area contributed by atoms with Crippen LogP contribution in [0.4, 0.5) is 10.1 Å². The summed E-state index contributed by atoms with van der Waals surface area (Å²) in [6, 6.07) is 14.7. The molecule has 1 amide bonds. The number of fused-ring (bicyclic) bond motifs is 1. The zero-order chi connectivity index (χ0) is 22.5. The summed E-state index contributed by atoms with van der Waals surface area (Å²) in [6.07, 6.45) is 2.51. The van der Waals surface area contributed by atoms with Gasteiger partial charge in [0.05, 0.1) is 18.2 Å². The number of nitrogens with zero attached hydrogens (tertiary/aromatic N) is 4. The van der Waals surface area contributed by atoms with Crippen molar-refractivity contribution < 1.29 is 9.18 Å². The van der Waals surface area contributed by atoms with E-state index in [1.807, 2.05) is 24.0 Å². The fraction of sp³-hybridized carbons (Fsp3) is 0.400. The normalized spacial score (nSPS) is 18.1. The average Bonchev–Trinajstić information content (AvgIpc) is 3.39. The molecule has 1 unspecified atom stereocenters. The van der Waals surface area contributed by atoms with Crippen molar-refractivity contribution in [1.82, 2.24) is 10.2 Å². The molecule has 2 aliphatic rings. The third-order valence-corrected chi connectivity index (χ3v) is 6.15. The molecule has 2 aromatic rings. The molecular formula is C25H28FN5O. The summed E-state index contributed by atoms with van der Waals surface area (Å²) < 4.78 is 14.3. The van der Waals surface area contributed by atoms with Crippen LogP contribution in [-0.4, -0.2) is 42.9 Å². The van der Waals surface area contributed by atoms with E-state index in [9.17, 15) is 9.18 Å². The fourth-order valence-corrected chi connectivity index (χ4v) is 4.52. The topological polar surface area (TPSA) is 71.7 Å². The van der Waals surface area contributed by atoms with Crippen molar-refractivity contribution in [3.05, 3.63) is 65.0 Å². The van der Waals surface area contributed by atoms with Crippen LogP contribution in [0.2, 0.25) is 0 Å². The van der Waals surface area contributed by atoms with E-state index in [2.05, 4.69) is 28.4 Å². The van der Waals surface area contributed by atoms with Crippen molar-refractivity contribution in [2.45, 2.75) is 38.6 Å². The van der Waals surface area contributed by atoms with Crippen molar-refractivity contribution in [3.8, 4) is 6.07 Å². The molecular weight excluding hydrogens is 405 g/mol. The molecule has 6 nitrogen and oxygen atoms in total. The zero-order valence-corrected chi connectivity index (χ0v) is 18.4. The number of benzene rings is 2. The largest absolute Gasteiger partial charge is 0.356 e. The first-order valence-corrected chi connectivity index (χ1v) is 11.2. The molecule has 4 rings (SSSR count). The Morgan fingerprint density at radius 1 is 1.31 bits per heavy atom. The molecule has 1 fully saturated rings. The Balaban J connectivity index is 1.55. The first-order chi connectivity index (χ1) is 15.6. The van der Waals surface area contributed by atoms with Gasteiger partial charge < -0.3 is 15.1 Å². The Labute approximate surface area is 188 Å². The number of halogens is 1. The number of anilines is 1. The summed E-state index contributed by atoms with van der Waals surface area (Å²) in [6.45, 7) is 5.22. The molecule has 1 saturated heterocycles. The van der Waals surface area contributed by atoms with Crippen LogP contribution in [0.25, 0.3) is 0 Å². The highest BCUT2D eigenvalue weighted by atomic mass is 19.1. The molecule has 7 heteroatoms. The van der Waals surface area contributed by atoms with Crippen LogP contribution in [0.15, 0.2) is 47.5 Å². The summed E-state index contributed by atoms with van der Waals surface area (Å²) in [5, 5.41) is 12.5. The lowest BCUT2D eigenvalue weighted by Crippen LogP contribution is -2.41. The SMILES string of the molecule is CCNC(=NCc1cc(C#N)ccc1F)N1CC(CCN2CCCC2=O)c2ccccc21. The number of nitriles is 1. The van der Waals surface area contributed by atoms with Crippen LogP contribution < -0.4 is 10.2 Å². The highest BCUT2D eigenvalue weighted by Crippen LogP contribution is 2.38. The monoisotopic (exact) mass is 433 g/mol. The van der Waals surface area contributed by atoms with Crippen molar-refractivity contribution in [1.29, 1.82) is 5.26 Å². The number of carbonyl (C=O) groups is 1. The minimum absolute atomic E-state index is 0.148. The van der Waals surface area contributed by atoms with Gasteiger partial charge in [-0.3, -0.25) is 4.79 Å². The lowest BCUT2D eigenvalue weighted by atomic mass is 9.98. The summed E-state index contributed by atoms with van der Waals surface area (Å²) in [5.74, 6) is 0.881. The molecule has 0 radical (unpaired) electrons. The second-order valence-corrected chi connectivity index (χ2v) is 8.23. The number of para-hydroxylation sites is 1. The minimum atomic E-state index is -0.362. The van der Waals surface area contributed by atoms with Gasteiger partial charge in [0.2, 0.25) is 5.91 Å². The van der Waals surface area contributed by atoms with Gasteiger partial charge in [0, 0.05) is 49.8 Å². The highest BCUT2D eigenvalue weighted by molar-refractivity contribution is 5.98. The van der Waals surface area contributed by atoms with Crippen LogP contribution in [-0.2, 0) is 11.3 Å². The molecule has 0 spiro atoms. The van der Waals surface area contributed by atoms with Crippen molar-refractivity contribution in [3.63, 3.8) is 0 Å². The number of carbonyl (C=O) groups excluding carboxylic acids is 1. The number of hydrogen-bond acceptors (Lipinski definition) is 3. The third-order valence-electron chi connectivity index (χ3n) is 6.15. The van der Waals surface area contributed by atoms with Crippen LogP contribution in [0.1, 0.15) is 48.8 Å². The van der Waals surface area contributed by atoms with Gasteiger partial charge in [0.1, 0.15) is 5.82 Å². The molecule has 1 atom stereocenters. The second kappa shape index (κ2) is 9.82. The molecule has 166 valence electrons. The third kappa shape index (κ3) is 4.59. The van der Waals surface area contributed by atoms with E-state index in [4.69, 9.17) is 10.3 Å². The van der Waals surface area contributed by atoms with Crippen LogP contribution >= 0.6 is 0 Å². The lowest BCUT2D eigenvalue weighted by Gasteiger charge is -2.23. The number of amides is 1. The number of aliphatic imine (C=N–C) groups is 1. The molecule has 2 heterocycles. The maximum atomic E-state index is 14.3. The van der Waals surface area contributed by atoms with Gasteiger partial charge in [-0.15, -0.1) is 0 Å². The van der Waals surface area contributed by atoms with Crippen molar-refractivity contribution in [2.24, 2.45) is 4.99 Å². The number of rotatable bonds is 6. The molecule has 2 aromatic carbocycles. The van der Waals surface area contributed by atoms with Crippen molar-refractivity contribution >= 4 is 17.6 Å². The van der Waals surface area contributed by atoms with E-state index >= 15 is 0 Å². The minimum Gasteiger partial charge on any atom is -0.356 e. The van der Waals surface area contributed by atoms with Gasteiger partial charge in [0.15, 0.2) is 5.96 Å². The van der Waals surface area contributed by atoms with Gasteiger partial charge in [-0.1, -0.05) is 18.2 Å². The Morgan fingerprint density at radius 3 is 2.91 bits per heavy atom. The van der Waals surface area contributed by atoms with E-state index in [-0.39, 0.29) is 18.3 Å². The number of guanidine groups is 1. The maximum absolute atomic E-state index is 14.3. The number of nitrogens with one attached hydrogen (secondary N) is 1. The van der Waals surface area contributed by atoms with Gasteiger partial charge in [-0.05, 0) is 49.6 Å². The first kappa shape index (κ1) is 21.8. The molecule has 0 bridgehead atoms. The fourth-order valence-electron chi connectivity index (χ4n) is 4.52. The Hall–Kier alpha value is -3.40. The smallest absolute Gasteiger partial charge is 0.222 e. The lowest BCUT2D eigenvalue weighted by molar-refractivity contribution is -0.127. The van der Waals surface area contributed by atoms with E-state index in [1.54, 1.807) is 6.07 Å². The summed E-state index contributed by atoms with van der Waals surface area (Å²) in [5.41, 5.74) is 3.17. The summed E-state index contributed by atoms with van der Waals surface area (Å²) in [7, 11) is 0. The average molecular weight is 434 g/mol. The van der Waals surface area contributed by atoms with Crippen LogP contribution in [0.5, 0.6) is 0 Å². The summed E-state index contributed by atoms with van der Waals surface area (Å²) in [4.78, 5) is 20.8. The van der Waals surface area contributed by atoms with Gasteiger partial charge >= 0.3 is 0 Å². The second-order valence-electron chi connectivity index (χ2n) is 8.23. The molecule has 32 heavy (non-hydrogen) atoms. The highest BCUT2D eigenvalue weighted by Gasteiger charge is 2.32. The van der Waals surface area contributed by atoms with Gasteiger partial charge in [0.25, 0.3) is 0 Å². The standard InChI is InChI=1S/C25H28FN5O/c1-2-28-25(29-16-20-14-18(15-27)9-10-22(20)26)31-17-19(21-6-3-4-7-23(21)31)11-13-30-12-5-8-24(30)32/h3-4,6-7,9-10,14,19H,2,5,8,11-13,16-17H2,1H3,(H,28,29). The zero-order valence-electron chi connectivity index (χ0n) is 18.4. The Morgan fingerprint density at radius 2 is 2.16 bits per heavy atom. The maximum Gasteiger partial charge on any atom is 0.222 e. The van der Waals surface area contributed by atoms with Gasteiger partial charge in [-0.25, -0.2) is 9.38 Å². The van der Waals surface area contributed by atoms with E-state index in [0.29, 0.717) is 36.0 Å². The number of hydrogen-bond donors (Lipinski definition) is 1. The van der Waals surface area contributed by atoms with E-state index in [0.717, 1.165) is 38.2 Å². The molecule has 0 saturated carbocycles.